The lowest BCUT2D eigenvalue weighted by molar-refractivity contribution is -0.118. The average Bonchev–Trinajstić information content (AvgIpc) is 3.36. The molecule has 1 amide bonds. The molecule has 170 valence electrons. The molecule has 3 heterocycles. The zero-order chi connectivity index (χ0) is 23.2. The highest BCUT2D eigenvalue weighted by molar-refractivity contribution is 5.96. The maximum absolute atomic E-state index is 12.8. The number of nitrogens with zero attached hydrogens (tertiary/aromatic N) is 3. The Morgan fingerprint density at radius 2 is 1.88 bits per heavy atom. The Morgan fingerprint density at radius 1 is 1.15 bits per heavy atom. The van der Waals surface area contributed by atoms with Crippen LogP contribution in [0.2, 0.25) is 0 Å². The van der Waals surface area contributed by atoms with Crippen molar-refractivity contribution >= 4 is 17.6 Å². The summed E-state index contributed by atoms with van der Waals surface area (Å²) < 4.78 is 5.13. The number of hydrogen-bond donors (Lipinski definition) is 1. The van der Waals surface area contributed by atoms with Gasteiger partial charge in [-0.15, -0.1) is 0 Å². The van der Waals surface area contributed by atoms with Crippen molar-refractivity contribution in [1.29, 1.82) is 5.26 Å². The summed E-state index contributed by atoms with van der Waals surface area (Å²) in [6, 6.07) is 12.9. The maximum atomic E-state index is 12.8. The first-order valence-electron chi connectivity index (χ1n) is 11.4. The van der Waals surface area contributed by atoms with E-state index in [0.29, 0.717) is 30.6 Å². The van der Waals surface area contributed by atoms with Gasteiger partial charge in [-0.2, -0.15) is 5.26 Å². The van der Waals surface area contributed by atoms with Gasteiger partial charge in [0, 0.05) is 30.8 Å². The Bertz CT molecular complexity index is 1140. The van der Waals surface area contributed by atoms with Crippen LogP contribution in [-0.4, -0.2) is 48.1 Å². The van der Waals surface area contributed by atoms with Crippen LogP contribution in [-0.2, 0) is 16.1 Å². The van der Waals surface area contributed by atoms with Crippen molar-refractivity contribution in [2.75, 3.05) is 31.1 Å². The van der Waals surface area contributed by atoms with Gasteiger partial charge in [-0.05, 0) is 79.7 Å². The van der Waals surface area contributed by atoms with Crippen LogP contribution < -0.4 is 4.90 Å². The monoisotopic (exact) mass is 445 g/mol. The third-order valence-corrected chi connectivity index (χ3v) is 7.54. The number of carbonyl (C=O) groups excluding carboxylic acids is 2. The lowest BCUT2D eigenvalue weighted by Gasteiger charge is -2.39. The third kappa shape index (κ3) is 3.90. The summed E-state index contributed by atoms with van der Waals surface area (Å²) in [6.45, 7) is 5.10. The minimum Gasteiger partial charge on any atom is -0.457 e. The quantitative estimate of drug-likeness (QED) is 0.727. The second-order valence-electron chi connectivity index (χ2n) is 9.51. The van der Waals surface area contributed by atoms with Crippen LogP contribution in [0.25, 0.3) is 0 Å². The minimum absolute atomic E-state index is 0.0341. The molecule has 33 heavy (non-hydrogen) atoms. The van der Waals surface area contributed by atoms with Crippen molar-refractivity contribution in [2.45, 2.75) is 38.9 Å². The number of aliphatic hydroxyl groups excluding tert-OH is 1. The molecule has 0 radical (unpaired) electrons. The molecule has 3 aliphatic heterocycles. The van der Waals surface area contributed by atoms with Gasteiger partial charge in [0.15, 0.2) is 0 Å². The molecule has 1 N–H and O–H groups in total. The van der Waals surface area contributed by atoms with E-state index in [1.165, 1.54) is 0 Å². The predicted molar refractivity (Wildman–Crippen MR) is 121 cm³/mol. The number of esters is 1. The minimum atomic E-state index is -0.639. The number of ether oxygens (including phenoxy) is 1. The van der Waals surface area contributed by atoms with Gasteiger partial charge in [-0.3, -0.25) is 4.79 Å². The van der Waals surface area contributed by atoms with Gasteiger partial charge in [-0.1, -0.05) is 6.07 Å². The molecule has 0 bridgehead atoms. The predicted octanol–water partition coefficient (Wildman–Crippen LogP) is 3.09. The van der Waals surface area contributed by atoms with Crippen molar-refractivity contribution in [2.24, 2.45) is 5.41 Å². The first-order valence-corrected chi connectivity index (χ1v) is 11.4. The van der Waals surface area contributed by atoms with Gasteiger partial charge in [-0.25, -0.2) is 4.79 Å². The molecule has 5 rings (SSSR count). The number of β-amino-alcohol motifs (C(OH)–C–C–N with tert-alkyl or cyclic N) is 1. The number of rotatable bonds is 4. The third-order valence-electron chi connectivity index (χ3n) is 7.54. The number of cyclic esters (lactones) is 1. The van der Waals surface area contributed by atoms with Crippen molar-refractivity contribution < 1.29 is 19.4 Å². The smallest absolute Gasteiger partial charge is 0.338 e. The average molecular weight is 446 g/mol. The van der Waals surface area contributed by atoms with Gasteiger partial charge in [0.1, 0.15) is 6.61 Å². The van der Waals surface area contributed by atoms with Crippen molar-refractivity contribution in [3.8, 4) is 6.07 Å². The summed E-state index contributed by atoms with van der Waals surface area (Å²) in [6.07, 6.45) is 1.72. The van der Waals surface area contributed by atoms with E-state index in [1.54, 1.807) is 18.2 Å². The summed E-state index contributed by atoms with van der Waals surface area (Å²) in [5.41, 5.74) is 4.65. The van der Waals surface area contributed by atoms with Crippen LogP contribution in [0.4, 0.5) is 5.69 Å². The summed E-state index contributed by atoms with van der Waals surface area (Å²) in [5.74, 6) is -0.157. The standard InChI is InChI=1S/C26H27N3O4/c1-17-20(6-7-21-22(17)15-33-25(21)32)23(30)14-28-10-8-26(9-11-28)12-24(31)29(16-26)19-4-2-18(13-27)3-5-19/h2-7,23,30H,8-12,14-16H2,1H3. The molecule has 0 aromatic heterocycles. The highest BCUT2D eigenvalue weighted by Gasteiger charge is 2.45. The number of amides is 1. The molecule has 2 aromatic rings. The van der Waals surface area contributed by atoms with Crippen molar-refractivity contribution in [1.82, 2.24) is 4.90 Å². The van der Waals surface area contributed by atoms with Gasteiger partial charge >= 0.3 is 5.97 Å². The van der Waals surface area contributed by atoms with Crippen LogP contribution in [0.15, 0.2) is 36.4 Å². The molecular formula is C26H27N3O4. The summed E-state index contributed by atoms with van der Waals surface area (Å²) in [7, 11) is 0. The van der Waals surface area contributed by atoms with Crippen LogP contribution in [0.3, 0.4) is 0 Å². The molecule has 3 aliphatic rings. The Morgan fingerprint density at radius 3 is 2.58 bits per heavy atom. The largest absolute Gasteiger partial charge is 0.457 e. The van der Waals surface area contributed by atoms with Gasteiger partial charge in [0.2, 0.25) is 5.91 Å². The van der Waals surface area contributed by atoms with Crippen molar-refractivity contribution in [3.05, 3.63) is 64.2 Å². The Labute approximate surface area is 193 Å². The molecule has 7 heteroatoms. The Hall–Kier alpha value is -3.21. The molecule has 0 aliphatic carbocycles. The number of benzene rings is 2. The molecule has 0 saturated carbocycles. The molecular weight excluding hydrogens is 418 g/mol. The van der Waals surface area contributed by atoms with E-state index in [1.807, 2.05) is 30.0 Å². The van der Waals surface area contributed by atoms with E-state index >= 15 is 0 Å². The number of aliphatic hydroxyl groups is 1. The maximum Gasteiger partial charge on any atom is 0.338 e. The fraction of sp³-hybridized carbons (Fsp3) is 0.423. The lowest BCUT2D eigenvalue weighted by atomic mass is 9.77. The number of piperidine rings is 1. The van der Waals surface area contributed by atoms with Gasteiger partial charge < -0.3 is 19.6 Å². The molecule has 2 aromatic carbocycles. The van der Waals surface area contributed by atoms with E-state index in [2.05, 4.69) is 11.0 Å². The lowest BCUT2D eigenvalue weighted by Crippen LogP contribution is -2.43. The number of fused-ring (bicyclic) bond motifs is 1. The normalized spacial score (nSPS) is 20.6. The molecule has 2 saturated heterocycles. The summed E-state index contributed by atoms with van der Waals surface area (Å²) in [4.78, 5) is 28.7. The SMILES string of the molecule is Cc1c(C(O)CN2CCC3(CC2)CC(=O)N(c2ccc(C#N)cc2)C3)ccc2c1COC2=O. The van der Waals surface area contributed by atoms with E-state index in [-0.39, 0.29) is 23.9 Å². The van der Waals surface area contributed by atoms with E-state index in [4.69, 9.17) is 10.00 Å². The van der Waals surface area contributed by atoms with E-state index < -0.39 is 6.10 Å². The number of hydrogen-bond acceptors (Lipinski definition) is 6. The number of anilines is 1. The van der Waals surface area contributed by atoms with Crippen LogP contribution in [0, 0.1) is 23.7 Å². The van der Waals surface area contributed by atoms with Crippen LogP contribution in [0.5, 0.6) is 0 Å². The zero-order valence-corrected chi connectivity index (χ0v) is 18.7. The molecule has 7 nitrogen and oxygen atoms in total. The van der Waals surface area contributed by atoms with Gasteiger partial charge in [0.05, 0.1) is 23.3 Å². The zero-order valence-electron chi connectivity index (χ0n) is 18.7. The number of nitriles is 1. The second kappa shape index (κ2) is 8.29. The highest BCUT2D eigenvalue weighted by Crippen LogP contribution is 2.43. The summed E-state index contributed by atoms with van der Waals surface area (Å²) in [5, 5.41) is 19.9. The Balaban J connectivity index is 1.21. The first-order chi connectivity index (χ1) is 15.9. The van der Waals surface area contributed by atoms with Crippen molar-refractivity contribution in [3.63, 3.8) is 0 Å². The van der Waals surface area contributed by atoms with E-state index in [9.17, 15) is 14.7 Å². The molecule has 1 unspecified atom stereocenters. The highest BCUT2D eigenvalue weighted by atomic mass is 16.5. The van der Waals surface area contributed by atoms with Gasteiger partial charge in [0.25, 0.3) is 0 Å². The fourth-order valence-electron chi connectivity index (χ4n) is 5.46. The van der Waals surface area contributed by atoms with E-state index in [0.717, 1.165) is 48.3 Å². The number of carbonyl (C=O) groups is 2. The Kier molecular flexibility index (Phi) is 5.43. The van der Waals surface area contributed by atoms with Crippen LogP contribution in [0.1, 0.15) is 58.0 Å². The topological polar surface area (TPSA) is 93.9 Å². The van der Waals surface area contributed by atoms with Crippen LogP contribution >= 0.6 is 0 Å². The molecule has 2 fully saturated rings. The molecule has 1 spiro atoms. The molecule has 1 atom stereocenters. The first kappa shape index (κ1) is 21.6. The second-order valence-corrected chi connectivity index (χ2v) is 9.51. The summed E-state index contributed by atoms with van der Waals surface area (Å²) >= 11 is 0. The number of likely N-dealkylation sites (tertiary alicyclic amines) is 1. The fourth-order valence-corrected chi connectivity index (χ4v) is 5.46.